The number of nitrogens with zero attached hydrogens (tertiary/aromatic N) is 3. The number of nitrogens with one attached hydrogen (secondary N) is 1. The number of carbonyl (C=O) groups is 1. The molecule has 0 aliphatic rings. The van der Waals surface area contributed by atoms with Gasteiger partial charge in [-0.05, 0) is 35.4 Å². The van der Waals surface area contributed by atoms with E-state index < -0.39 is 0 Å². The monoisotopic (exact) mass is 398 g/mol. The van der Waals surface area contributed by atoms with Crippen LogP contribution in [0.2, 0.25) is 0 Å². The molecule has 0 bridgehead atoms. The molecule has 2 aromatic carbocycles. The predicted octanol–water partition coefficient (Wildman–Crippen LogP) is 3.99. The lowest BCUT2D eigenvalue weighted by Crippen LogP contribution is -2.22. The van der Waals surface area contributed by atoms with Gasteiger partial charge in [-0.25, -0.2) is 0 Å². The van der Waals surface area contributed by atoms with Crippen molar-refractivity contribution in [2.75, 3.05) is 0 Å². The number of hydrogen-bond donors (Lipinski definition) is 1. The second-order valence-corrected chi connectivity index (χ2v) is 6.94. The molecule has 0 saturated heterocycles. The summed E-state index contributed by atoms with van der Waals surface area (Å²) in [6, 6.07) is 21.0. The van der Waals surface area contributed by atoms with Gasteiger partial charge < -0.3 is 10.1 Å². The van der Waals surface area contributed by atoms with Crippen molar-refractivity contribution in [3.8, 4) is 17.0 Å². The first-order valence-corrected chi connectivity index (χ1v) is 9.66. The van der Waals surface area contributed by atoms with E-state index >= 15 is 0 Å². The summed E-state index contributed by atoms with van der Waals surface area (Å²) in [5, 5.41) is 7.08. The number of aromatic nitrogens is 3. The average Bonchev–Trinajstić information content (AvgIpc) is 3.23. The summed E-state index contributed by atoms with van der Waals surface area (Å²) in [5.41, 5.74) is 4.37. The zero-order valence-electron chi connectivity index (χ0n) is 16.7. The number of rotatable bonds is 7. The van der Waals surface area contributed by atoms with Crippen molar-refractivity contribution >= 4 is 5.91 Å². The fraction of sp³-hybridized carbons (Fsp3) is 0.125. The van der Waals surface area contributed by atoms with Crippen LogP contribution in [0.1, 0.15) is 21.5 Å². The number of benzene rings is 2. The van der Waals surface area contributed by atoms with Crippen LogP contribution in [0, 0.1) is 0 Å². The third-order valence-corrected chi connectivity index (χ3v) is 4.62. The van der Waals surface area contributed by atoms with E-state index in [4.69, 9.17) is 4.74 Å². The van der Waals surface area contributed by atoms with Gasteiger partial charge in [0.05, 0.1) is 11.9 Å². The molecule has 1 amide bonds. The number of aryl methyl sites for hydroxylation is 1. The lowest BCUT2D eigenvalue weighted by molar-refractivity contribution is 0.0950. The Hall–Kier alpha value is -3.93. The Morgan fingerprint density at radius 3 is 2.60 bits per heavy atom. The van der Waals surface area contributed by atoms with Gasteiger partial charge in [0.15, 0.2) is 0 Å². The Morgan fingerprint density at radius 1 is 1.00 bits per heavy atom. The fourth-order valence-corrected chi connectivity index (χ4v) is 3.01. The number of carbonyl (C=O) groups excluding carboxylic acids is 1. The smallest absolute Gasteiger partial charge is 0.251 e. The molecule has 2 heterocycles. The standard InChI is InChI=1S/C24H22N4O2/c1-28-16-21(15-27-28)23-11-10-19(13-25-23)14-26-24(29)20-8-5-9-22(12-20)30-17-18-6-3-2-4-7-18/h2-13,15-16H,14,17H2,1H3,(H,26,29). The largest absolute Gasteiger partial charge is 0.489 e. The van der Waals surface area contributed by atoms with Crippen LogP contribution in [0.5, 0.6) is 5.75 Å². The number of ether oxygens (including phenoxy) is 1. The van der Waals surface area contributed by atoms with E-state index in [1.807, 2.05) is 67.8 Å². The lowest BCUT2D eigenvalue weighted by atomic mass is 10.1. The average molecular weight is 398 g/mol. The molecule has 6 nitrogen and oxygen atoms in total. The van der Waals surface area contributed by atoms with Crippen LogP contribution in [0.25, 0.3) is 11.3 Å². The zero-order chi connectivity index (χ0) is 20.8. The van der Waals surface area contributed by atoms with Crippen molar-refractivity contribution in [3.63, 3.8) is 0 Å². The van der Waals surface area contributed by atoms with E-state index in [0.29, 0.717) is 24.5 Å². The summed E-state index contributed by atoms with van der Waals surface area (Å²) >= 11 is 0. The van der Waals surface area contributed by atoms with Crippen LogP contribution in [-0.2, 0) is 20.2 Å². The highest BCUT2D eigenvalue weighted by Crippen LogP contribution is 2.17. The van der Waals surface area contributed by atoms with E-state index in [1.165, 1.54) is 0 Å². The molecule has 0 atom stereocenters. The summed E-state index contributed by atoms with van der Waals surface area (Å²) < 4.78 is 7.54. The van der Waals surface area contributed by atoms with Gasteiger partial charge in [-0.15, -0.1) is 0 Å². The lowest BCUT2D eigenvalue weighted by Gasteiger charge is -2.09. The molecule has 0 aliphatic heterocycles. The molecule has 1 N–H and O–H groups in total. The van der Waals surface area contributed by atoms with Gasteiger partial charge in [-0.2, -0.15) is 5.10 Å². The SMILES string of the molecule is Cn1cc(-c2ccc(CNC(=O)c3cccc(OCc4ccccc4)c3)cn2)cn1. The normalized spacial score (nSPS) is 10.6. The number of pyridine rings is 1. The Morgan fingerprint density at radius 2 is 1.87 bits per heavy atom. The second-order valence-electron chi connectivity index (χ2n) is 6.94. The summed E-state index contributed by atoms with van der Waals surface area (Å²) in [4.78, 5) is 17.0. The zero-order valence-corrected chi connectivity index (χ0v) is 16.7. The van der Waals surface area contributed by atoms with Gasteiger partial charge in [-0.3, -0.25) is 14.5 Å². The third-order valence-electron chi connectivity index (χ3n) is 4.62. The van der Waals surface area contributed by atoms with Crippen molar-refractivity contribution in [2.45, 2.75) is 13.2 Å². The number of hydrogen-bond acceptors (Lipinski definition) is 4. The topological polar surface area (TPSA) is 69.0 Å². The molecule has 0 spiro atoms. The second kappa shape index (κ2) is 9.05. The number of amides is 1. The minimum atomic E-state index is -0.156. The van der Waals surface area contributed by atoms with Gasteiger partial charge in [0.1, 0.15) is 12.4 Å². The van der Waals surface area contributed by atoms with Crippen molar-refractivity contribution in [3.05, 3.63) is 102 Å². The van der Waals surface area contributed by atoms with Crippen molar-refractivity contribution in [1.82, 2.24) is 20.1 Å². The fourth-order valence-electron chi connectivity index (χ4n) is 3.01. The molecule has 4 rings (SSSR count). The van der Waals surface area contributed by atoms with Crippen molar-refractivity contribution < 1.29 is 9.53 Å². The van der Waals surface area contributed by atoms with Gasteiger partial charge >= 0.3 is 0 Å². The van der Waals surface area contributed by atoms with Crippen molar-refractivity contribution in [2.24, 2.45) is 7.05 Å². The molecule has 0 fully saturated rings. The van der Waals surface area contributed by atoms with E-state index in [-0.39, 0.29) is 5.91 Å². The minimum Gasteiger partial charge on any atom is -0.489 e. The van der Waals surface area contributed by atoms with Crippen LogP contribution in [0.4, 0.5) is 0 Å². The highest BCUT2D eigenvalue weighted by atomic mass is 16.5. The van der Waals surface area contributed by atoms with Crippen LogP contribution in [-0.4, -0.2) is 20.7 Å². The Kier molecular flexibility index (Phi) is 5.85. The summed E-state index contributed by atoms with van der Waals surface area (Å²) in [6.07, 6.45) is 5.45. The van der Waals surface area contributed by atoms with Gasteiger partial charge in [0.2, 0.25) is 0 Å². The molecule has 2 aromatic heterocycles. The first-order chi connectivity index (χ1) is 14.7. The van der Waals surface area contributed by atoms with Gasteiger partial charge in [-0.1, -0.05) is 42.5 Å². The quantitative estimate of drug-likeness (QED) is 0.511. The van der Waals surface area contributed by atoms with Crippen LogP contribution < -0.4 is 10.1 Å². The highest BCUT2D eigenvalue weighted by Gasteiger charge is 2.08. The summed E-state index contributed by atoms with van der Waals surface area (Å²) in [7, 11) is 1.87. The highest BCUT2D eigenvalue weighted by molar-refractivity contribution is 5.94. The Bertz CT molecular complexity index is 1120. The predicted molar refractivity (Wildman–Crippen MR) is 115 cm³/mol. The van der Waals surface area contributed by atoms with Gasteiger partial charge in [0.25, 0.3) is 5.91 Å². The molecular formula is C24H22N4O2. The van der Waals surface area contributed by atoms with Crippen molar-refractivity contribution in [1.29, 1.82) is 0 Å². The maximum absolute atomic E-state index is 12.5. The molecular weight excluding hydrogens is 376 g/mol. The molecule has 4 aromatic rings. The molecule has 150 valence electrons. The Balaban J connectivity index is 1.33. The molecule has 0 unspecified atom stereocenters. The van der Waals surface area contributed by atoms with Crippen LogP contribution in [0.15, 0.2) is 85.3 Å². The summed E-state index contributed by atoms with van der Waals surface area (Å²) in [5.74, 6) is 0.505. The van der Waals surface area contributed by atoms with E-state index in [0.717, 1.165) is 22.4 Å². The van der Waals surface area contributed by atoms with Crippen LogP contribution in [0.3, 0.4) is 0 Å². The molecule has 30 heavy (non-hydrogen) atoms. The minimum absolute atomic E-state index is 0.156. The maximum Gasteiger partial charge on any atom is 0.251 e. The van der Waals surface area contributed by atoms with E-state index in [2.05, 4.69) is 15.4 Å². The van der Waals surface area contributed by atoms with Gasteiger partial charge in [0, 0.05) is 37.1 Å². The Labute approximate surface area is 175 Å². The third kappa shape index (κ3) is 4.91. The van der Waals surface area contributed by atoms with Crippen LogP contribution >= 0.6 is 0 Å². The molecule has 0 saturated carbocycles. The van der Waals surface area contributed by atoms with E-state index in [1.54, 1.807) is 29.2 Å². The molecule has 0 aliphatic carbocycles. The maximum atomic E-state index is 12.5. The first kappa shape index (κ1) is 19.4. The van der Waals surface area contributed by atoms with E-state index in [9.17, 15) is 4.79 Å². The molecule has 0 radical (unpaired) electrons. The first-order valence-electron chi connectivity index (χ1n) is 9.66. The molecule has 6 heteroatoms. The summed E-state index contributed by atoms with van der Waals surface area (Å²) in [6.45, 7) is 0.856.